The Labute approximate surface area is 116 Å². The largest absolute Gasteiger partial charge is 0.337 e. The summed E-state index contributed by atoms with van der Waals surface area (Å²) < 4.78 is 25.0. The summed E-state index contributed by atoms with van der Waals surface area (Å²) in [5.74, 6) is 1.46. The maximum Gasteiger partial charge on any atom is 0.150 e. The molecule has 0 saturated carbocycles. The summed E-state index contributed by atoms with van der Waals surface area (Å²) >= 11 is 0. The van der Waals surface area contributed by atoms with Gasteiger partial charge in [0.15, 0.2) is 0 Å². The summed E-state index contributed by atoms with van der Waals surface area (Å²) in [4.78, 5) is 4.36. The first-order valence-electron chi connectivity index (χ1n) is 6.91. The summed E-state index contributed by atoms with van der Waals surface area (Å²) in [7, 11) is -0.906. The third-order valence-corrected chi connectivity index (χ3v) is 4.99. The van der Waals surface area contributed by atoms with E-state index in [-0.39, 0.29) is 17.5 Å². The average Bonchev–Trinajstić information content (AvgIpc) is 2.80. The van der Waals surface area contributed by atoms with Gasteiger partial charge in [-0.1, -0.05) is 13.8 Å². The van der Waals surface area contributed by atoms with E-state index >= 15 is 0 Å². The number of nitrogens with zero attached hydrogens (tertiary/aromatic N) is 2. The van der Waals surface area contributed by atoms with Crippen molar-refractivity contribution < 1.29 is 8.42 Å². The van der Waals surface area contributed by atoms with Crippen molar-refractivity contribution in [2.45, 2.75) is 39.2 Å². The van der Waals surface area contributed by atoms with Crippen LogP contribution in [0.2, 0.25) is 0 Å². The first kappa shape index (κ1) is 16.2. The van der Waals surface area contributed by atoms with Gasteiger partial charge < -0.3 is 9.88 Å². The average molecular weight is 287 g/mol. The zero-order chi connectivity index (χ0) is 14.3. The highest BCUT2D eigenvalue weighted by atomic mass is 32.2. The third kappa shape index (κ3) is 5.32. The van der Waals surface area contributed by atoms with Gasteiger partial charge in [-0.25, -0.2) is 13.4 Å². The van der Waals surface area contributed by atoms with E-state index in [4.69, 9.17) is 0 Å². The molecule has 0 bridgehead atoms. The summed E-state index contributed by atoms with van der Waals surface area (Å²) in [6.07, 6.45) is 6.21. The van der Waals surface area contributed by atoms with E-state index in [2.05, 4.69) is 17.2 Å². The summed E-state index contributed by atoms with van der Waals surface area (Å²) in [6.45, 7) is 4.73. The standard InChI is InChI=1S/C13H25N3O2S/c1-4-8-14-12(13-15-9-10-16(13)3)7-6-11-19(17,18)5-2/h9-10,12,14H,4-8,11H2,1-3H3. The molecule has 1 atom stereocenters. The Bertz CT molecular complexity index is 468. The number of aryl methyl sites for hydroxylation is 1. The van der Waals surface area contributed by atoms with Crippen LogP contribution in [-0.2, 0) is 16.9 Å². The molecule has 6 heteroatoms. The molecule has 5 nitrogen and oxygen atoms in total. The van der Waals surface area contributed by atoms with Gasteiger partial charge >= 0.3 is 0 Å². The minimum absolute atomic E-state index is 0.131. The molecule has 0 aromatic carbocycles. The van der Waals surface area contributed by atoms with Gasteiger partial charge in [-0.2, -0.15) is 0 Å². The molecular weight excluding hydrogens is 262 g/mol. The predicted molar refractivity (Wildman–Crippen MR) is 77.8 cm³/mol. The quantitative estimate of drug-likeness (QED) is 0.750. The molecule has 1 aromatic heterocycles. The molecule has 19 heavy (non-hydrogen) atoms. The SMILES string of the molecule is CCCNC(CCCS(=O)(=O)CC)c1nccn1C. The van der Waals surface area contributed by atoms with Crippen LogP contribution in [0, 0.1) is 0 Å². The number of nitrogens with one attached hydrogen (secondary N) is 1. The molecule has 1 N–H and O–H groups in total. The fourth-order valence-electron chi connectivity index (χ4n) is 2.01. The lowest BCUT2D eigenvalue weighted by atomic mass is 10.1. The van der Waals surface area contributed by atoms with Crippen LogP contribution >= 0.6 is 0 Å². The minimum Gasteiger partial charge on any atom is -0.337 e. The molecule has 0 spiro atoms. The van der Waals surface area contributed by atoms with Crippen molar-refractivity contribution in [3.05, 3.63) is 18.2 Å². The van der Waals surface area contributed by atoms with E-state index in [9.17, 15) is 8.42 Å². The molecule has 1 heterocycles. The molecular formula is C13H25N3O2S. The van der Waals surface area contributed by atoms with E-state index in [1.807, 2.05) is 17.8 Å². The molecule has 0 fully saturated rings. The van der Waals surface area contributed by atoms with Crippen LogP contribution in [0.4, 0.5) is 0 Å². The van der Waals surface area contributed by atoms with E-state index < -0.39 is 9.84 Å². The molecule has 110 valence electrons. The Morgan fingerprint density at radius 1 is 1.42 bits per heavy atom. The van der Waals surface area contributed by atoms with Gasteiger partial charge in [0.05, 0.1) is 11.8 Å². The van der Waals surface area contributed by atoms with Crippen molar-refractivity contribution in [3.63, 3.8) is 0 Å². The van der Waals surface area contributed by atoms with Crippen molar-refractivity contribution in [1.29, 1.82) is 0 Å². The van der Waals surface area contributed by atoms with E-state index in [0.29, 0.717) is 6.42 Å². The third-order valence-electron chi connectivity index (χ3n) is 3.20. The molecule has 1 aromatic rings. The monoisotopic (exact) mass is 287 g/mol. The number of hydrogen-bond acceptors (Lipinski definition) is 4. The number of aromatic nitrogens is 2. The van der Waals surface area contributed by atoms with Crippen LogP contribution in [-0.4, -0.2) is 36.0 Å². The molecule has 0 radical (unpaired) electrons. The number of rotatable bonds is 9. The number of imidazole rings is 1. The van der Waals surface area contributed by atoms with Crippen LogP contribution < -0.4 is 5.32 Å². The van der Waals surface area contributed by atoms with Crippen molar-refractivity contribution in [1.82, 2.24) is 14.9 Å². The maximum atomic E-state index is 11.5. The number of sulfone groups is 1. The highest BCUT2D eigenvalue weighted by molar-refractivity contribution is 7.91. The van der Waals surface area contributed by atoms with E-state index in [1.165, 1.54) is 0 Å². The van der Waals surface area contributed by atoms with Gasteiger partial charge in [-0.3, -0.25) is 0 Å². The van der Waals surface area contributed by atoms with Crippen molar-refractivity contribution in [2.24, 2.45) is 7.05 Å². The lowest BCUT2D eigenvalue weighted by molar-refractivity contribution is 0.460. The minimum atomic E-state index is -2.87. The van der Waals surface area contributed by atoms with Gasteiger partial charge in [0.2, 0.25) is 0 Å². The summed E-state index contributed by atoms with van der Waals surface area (Å²) in [6, 6.07) is 0.131. The Morgan fingerprint density at radius 2 is 2.16 bits per heavy atom. The van der Waals surface area contributed by atoms with Gasteiger partial charge in [0.1, 0.15) is 15.7 Å². The fraction of sp³-hybridized carbons (Fsp3) is 0.769. The zero-order valence-corrected chi connectivity index (χ0v) is 12.9. The molecule has 0 aliphatic carbocycles. The highest BCUT2D eigenvalue weighted by Gasteiger charge is 2.16. The van der Waals surface area contributed by atoms with Crippen LogP contribution in [0.3, 0.4) is 0 Å². The topological polar surface area (TPSA) is 64.0 Å². The van der Waals surface area contributed by atoms with Crippen molar-refractivity contribution >= 4 is 9.84 Å². The molecule has 1 unspecified atom stereocenters. The Kier molecular flexibility index (Phi) is 6.51. The zero-order valence-electron chi connectivity index (χ0n) is 12.1. The van der Waals surface area contributed by atoms with Gasteiger partial charge in [-0.05, 0) is 25.8 Å². The predicted octanol–water partition coefficient (Wildman–Crippen LogP) is 1.68. The van der Waals surface area contributed by atoms with Crippen molar-refractivity contribution in [2.75, 3.05) is 18.1 Å². The maximum absolute atomic E-state index is 11.5. The second kappa shape index (κ2) is 7.65. The number of hydrogen-bond donors (Lipinski definition) is 1. The van der Waals surface area contributed by atoms with Crippen molar-refractivity contribution in [3.8, 4) is 0 Å². The van der Waals surface area contributed by atoms with Crippen LogP contribution in [0.5, 0.6) is 0 Å². The second-order valence-electron chi connectivity index (χ2n) is 4.78. The lowest BCUT2D eigenvalue weighted by Crippen LogP contribution is -2.25. The van der Waals surface area contributed by atoms with Crippen LogP contribution in [0.15, 0.2) is 12.4 Å². The van der Waals surface area contributed by atoms with Gasteiger partial charge in [-0.15, -0.1) is 0 Å². The van der Waals surface area contributed by atoms with Crippen LogP contribution in [0.25, 0.3) is 0 Å². The first-order chi connectivity index (χ1) is 9.00. The first-order valence-corrected chi connectivity index (χ1v) is 8.73. The second-order valence-corrected chi connectivity index (χ2v) is 7.25. The van der Waals surface area contributed by atoms with E-state index in [0.717, 1.165) is 25.2 Å². The lowest BCUT2D eigenvalue weighted by Gasteiger charge is -2.18. The smallest absolute Gasteiger partial charge is 0.150 e. The van der Waals surface area contributed by atoms with E-state index in [1.54, 1.807) is 13.1 Å². The molecule has 0 saturated heterocycles. The molecule has 0 aliphatic heterocycles. The molecule has 1 rings (SSSR count). The molecule has 0 amide bonds. The Balaban J connectivity index is 2.59. The molecule has 0 aliphatic rings. The van der Waals surface area contributed by atoms with Crippen LogP contribution in [0.1, 0.15) is 45.0 Å². The summed E-state index contributed by atoms with van der Waals surface area (Å²) in [5, 5.41) is 3.44. The highest BCUT2D eigenvalue weighted by Crippen LogP contribution is 2.17. The Hall–Kier alpha value is -0.880. The van der Waals surface area contributed by atoms with Gasteiger partial charge in [0.25, 0.3) is 0 Å². The normalized spacial score (nSPS) is 13.6. The fourth-order valence-corrected chi connectivity index (χ4v) is 2.90. The Morgan fingerprint density at radius 3 is 2.68 bits per heavy atom. The van der Waals surface area contributed by atoms with Gasteiger partial charge in [0, 0.05) is 25.2 Å². The summed E-state index contributed by atoms with van der Waals surface area (Å²) in [5.41, 5.74) is 0.